The number of aliphatic hydroxyl groups is 1. The predicted molar refractivity (Wildman–Crippen MR) is 120 cm³/mol. The van der Waals surface area contributed by atoms with E-state index in [0.29, 0.717) is 29.1 Å². The Morgan fingerprint density at radius 3 is 2.29 bits per heavy atom. The number of halogens is 3. The summed E-state index contributed by atoms with van der Waals surface area (Å²) in [4.78, 5) is 0. The molecule has 180 valence electrons. The van der Waals surface area contributed by atoms with Gasteiger partial charge in [-0.3, -0.25) is 0 Å². The van der Waals surface area contributed by atoms with Gasteiger partial charge in [-0.05, 0) is 118 Å². The smallest absolute Gasteiger partial charge is 0.390 e. The summed E-state index contributed by atoms with van der Waals surface area (Å²) in [5.41, 5.74) is 0.334. The number of hydrogen-bond donors (Lipinski definition) is 1. The molecule has 0 radical (unpaired) electrons. The summed E-state index contributed by atoms with van der Waals surface area (Å²) in [6.07, 6.45) is 10.0. The molecule has 0 spiro atoms. The second kappa shape index (κ2) is 8.20. The Morgan fingerprint density at radius 1 is 0.871 bits per heavy atom. The molecule has 4 saturated carbocycles. The first kappa shape index (κ1) is 23.9. The van der Waals surface area contributed by atoms with E-state index in [4.69, 9.17) is 0 Å². The first-order chi connectivity index (χ1) is 14.4. The zero-order valence-electron chi connectivity index (χ0n) is 20.2. The van der Waals surface area contributed by atoms with E-state index in [2.05, 4.69) is 13.8 Å². The monoisotopic (exact) mass is 442 g/mol. The highest BCUT2D eigenvalue weighted by Gasteiger charge is 2.60. The summed E-state index contributed by atoms with van der Waals surface area (Å²) in [7, 11) is 0. The normalized spacial score (nSPS) is 48.6. The minimum Gasteiger partial charge on any atom is -0.390 e. The molecule has 0 aromatic carbocycles. The van der Waals surface area contributed by atoms with Crippen LogP contribution in [0.3, 0.4) is 0 Å². The van der Waals surface area contributed by atoms with E-state index < -0.39 is 17.7 Å². The summed E-state index contributed by atoms with van der Waals surface area (Å²) < 4.78 is 38.4. The van der Waals surface area contributed by atoms with Gasteiger partial charge >= 0.3 is 6.18 Å². The molecule has 0 heterocycles. The number of hydrogen-bond acceptors (Lipinski definition) is 1. The molecule has 0 bridgehead atoms. The first-order valence-electron chi connectivity index (χ1n) is 13.2. The Hall–Kier alpha value is -0.250. The van der Waals surface area contributed by atoms with Gasteiger partial charge in [-0.15, -0.1) is 0 Å². The Labute approximate surface area is 187 Å². The van der Waals surface area contributed by atoms with Crippen molar-refractivity contribution in [3.63, 3.8) is 0 Å². The molecular weight excluding hydrogens is 397 g/mol. The number of rotatable bonds is 5. The van der Waals surface area contributed by atoms with Crippen molar-refractivity contribution in [1.82, 2.24) is 0 Å². The molecule has 31 heavy (non-hydrogen) atoms. The van der Waals surface area contributed by atoms with Crippen molar-refractivity contribution in [2.75, 3.05) is 0 Å². The summed E-state index contributed by atoms with van der Waals surface area (Å²) in [5, 5.41) is 10.7. The summed E-state index contributed by atoms with van der Waals surface area (Å²) in [5.74, 6) is 2.67. The highest BCUT2D eigenvalue weighted by molar-refractivity contribution is 5.10. The quantitative estimate of drug-likeness (QED) is 0.426. The molecule has 4 aliphatic rings. The van der Waals surface area contributed by atoms with Gasteiger partial charge in [0.05, 0.1) is 11.5 Å². The molecule has 0 saturated heterocycles. The fourth-order valence-corrected chi connectivity index (χ4v) is 9.02. The molecule has 0 aromatic rings. The van der Waals surface area contributed by atoms with Gasteiger partial charge in [0.25, 0.3) is 0 Å². The van der Waals surface area contributed by atoms with Crippen LogP contribution in [0.5, 0.6) is 0 Å². The highest BCUT2D eigenvalue weighted by Crippen LogP contribution is 2.68. The van der Waals surface area contributed by atoms with Crippen LogP contribution in [0.2, 0.25) is 0 Å². The van der Waals surface area contributed by atoms with Gasteiger partial charge in [0.1, 0.15) is 0 Å². The lowest BCUT2D eigenvalue weighted by Gasteiger charge is -2.62. The molecule has 0 amide bonds. The van der Waals surface area contributed by atoms with Gasteiger partial charge in [-0.2, -0.15) is 13.2 Å². The van der Waals surface area contributed by atoms with Crippen LogP contribution in [0.15, 0.2) is 0 Å². The van der Waals surface area contributed by atoms with Crippen molar-refractivity contribution < 1.29 is 18.3 Å². The van der Waals surface area contributed by atoms with E-state index >= 15 is 0 Å². The van der Waals surface area contributed by atoms with Gasteiger partial charge < -0.3 is 5.11 Å². The minimum atomic E-state index is -4.04. The summed E-state index contributed by atoms with van der Waals surface area (Å²) in [6.45, 7) is 8.44. The van der Waals surface area contributed by atoms with Crippen LogP contribution in [0, 0.1) is 46.3 Å². The fraction of sp³-hybridized carbons (Fsp3) is 1.00. The molecule has 8 unspecified atom stereocenters. The van der Waals surface area contributed by atoms with Crippen LogP contribution in [0.1, 0.15) is 111 Å². The molecule has 0 aromatic heterocycles. The number of fused-ring (bicyclic) bond motifs is 5. The Kier molecular flexibility index (Phi) is 6.32. The van der Waals surface area contributed by atoms with E-state index in [1.807, 2.05) is 6.92 Å². The Balaban J connectivity index is 1.37. The lowest BCUT2D eigenvalue weighted by molar-refractivity contribution is -0.171. The second-order valence-corrected chi connectivity index (χ2v) is 12.9. The Morgan fingerprint density at radius 2 is 1.58 bits per heavy atom. The molecule has 0 aliphatic heterocycles. The molecule has 1 N–H and O–H groups in total. The number of alkyl halides is 3. The third-order valence-electron chi connectivity index (χ3n) is 11.1. The third-order valence-corrected chi connectivity index (χ3v) is 11.1. The van der Waals surface area contributed by atoms with E-state index in [0.717, 1.165) is 43.4 Å². The lowest BCUT2D eigenvalue weighted by Crippen LogP contribution is -2.55. The molecular formula is C27H45F3O. The predicted octanol–water partition coefficient (Wildman–Crippen LogP) is 8.16. The van der Waals surface area contributed by atoms with Crippen LogP contribution >= 0.6 is 0 Å². The van der Waals surface area contributed by atoms with E-state index in [1.165, 1.54) is 51.9 Å². The maximum atomic E-state index is 12.8. The average Bonchev–Trinajstić information content (AvgIpc) is 3.01. The van der Waals surface area contributed by atoms with Crippen LogP contribution < -0.4 is 0 Å². The second-order valence-electron chi connectivity index (χ2n) is 12.9. The molecule has 1 nitrogen and oxygen atoms in total. The van der Waals surface area contributed by atoms with Crippen LogP contribution in [-0.2, 0) is 0 Å². The van der Waals surface area contributed by atoms with Crippen LogP contribution in [0.25, 0.3) is 0 Å². The summed E-state index contributed by atoms with van der Waals surface area (Å²) in [6, 6.07) is 0. The summed E-state index contributed by atoms with van der Waals surface area (Å²) >= 11 is 0. The van der Waals surface area contributed by atoms with Crippen molar-refractivity contribution in [1.29, 1.82) is 0 Å². The van der Waals surface area contributed by atoms with Crippen molar-refractivity contribution in [2.45, 2.75) is 123 Å². The fourth-order valence-electron chi connectivity index (χ4n) is 9.02. The standard InChI is InChI=1S/C27H45F3O/c1-18(27(28,29)30)7-5-6-8-19-10-12-22-21-11-9-20-17-24(2,31)15-16-26(20,4)23(21)13-14-25(19,22)3/h18-23,31H,5-17H2,1-4H3/t18?,19?,20?,21?,22?,23?,24-,25?,26?/m0/s1. The molecule has 9 atom stereocenters. The minimum absolute atomic E-state index is 0.282. The Bertz CT molecular complexity index is 643. The largest absolute Gasteiger partial charge is 0.391 e. The molecule has 4 fully saturated rings. The lowest BCUT2D eigenvalue weighted by atomic mass is 9.44. The topological polar surface area (TPSA) is 20.2 Å². The maximum absolute atomic E-state index is 12.8. The van der Waals surface area contributed by atoms with Gasteiger partial charge in [0.15, 0.2) is 0 Å². The van der Waals surface area contributed by atoms with Crippen molar-refractivity contribution in [3.8, 4) is 0 Å². The molecule has 4 rings (SSSR count). The van der Waals surface area contributed by atoms with Crippen molar-refractivity contribution in [3.05, 3.63) is 0 Å². The van der Waals surface area contributed by atoms with Crippen LogP contribution in [-0.4, -0.2) is 16.9 Å². The van der Waals surface area contributed by atoms with Crippen molar-refractivity contribution >= 4 is 0 Å². The zero-order valence-corrected chi connectivity index (χ0v) is 20.2. The van der Waals surface area contributed by atoms with Gasteiger partial charge in [0.2, 0.25) is 0 Å². The van der Waals surface area contributed by atoms with Crippen LogP contribution in [0.4, 0.5) is 13.2 Å². The third kappa shape index (κ3) is 4.33. The molecule has 4 heteroatoms. The SMILES string of the molecule is CC(CCCCC1CCC2C3CCC4C[C@@](C)(O)CCC4(C)C3CCC12C)C(F)(F)F. The van der Waals surface area contributed by atoms with Crippen molar-refractivity contribution in [2.24, 2.45) is 46.3 Å². The zero-order chi connectivity index (χ0) is 22.7. The molecule has 4 aliphatic carbocycles. The van der Waals surface area contributed by atoms with Gasteiger partial charge in [-0.1, -0.05) is 33.6 Å². The van der Waals surface area contributed by atoms with E-state index in [9.17, 15) is 18.3 Å². The van der Waals surface area contributed by atoms with E-state index in [1.54, 1.807) is 0 Å². The first-order valence-corrected chi connectivity index (χ1v) is 13.2. The maximum Gasteiger partial charge on any atom is 0.391 e. The highest BCUT2D eigenvalue weighted by atomic mass is 19.4. The van der Waals surface area contributed by atoms with Gasteiger partial charge in [-0.25, -0.2) is 0 Å². The van der Waals surface area contributed by atoms with Gasteiger partial charge in [0, 0.05) is 0 Å². The average molecular weight is 443 g/mol. The number of unbranched alkanes of at least 4 members (excludes halogenated alkanes) is 1. The van der Waals surface area contributed by atoms with E-state index in [-0.39, 0.29) is 6.42 Å².